The Hall–Kier alpha value is -4.19. The van der Waals surface area contributed by atoms with Crippen molar-refractivity contribution in [3.63, 3.8) is 0 Å². The van der Waals surface area contributed by atoms with Crippen LogP contribution in [0.1, 0.15) is 27.8 Å². The standard InChI is InChI=1S/C25H21N5O/c1-29-22-11-6-5-10-21(22)27-24(29)23(18-8-3-2-4-9-18)28-25(31)19-12-14-20(15-13-19)30-17-7-16-26-30/h2-17,23H,1H3,(H,28,31). The number of carbonyl (C=O) groups excluding carboxylic acids is 1. The summed E-state index contributed by atoms with van der Waals surface area (Å²) < 4.78 is 3.79. The van der Waals surface area contributed by atoms with Gasteiger partial charge in [0.2, 0.25) is 0 Å². The lowest BCUT2D eigenvalue weighted by Gasteiger charge is -2.19. The molecular formula is C25H21N5O. The largest absolute Gasteiger partial charge is 0.338 e. The van der Waals surface area contributed by atoms with E-state index in [0.29, 0.717) is 5.56 Å². The van der Waals surface area contributed by atoms with Crippen LogP contribution in [0.5, 0.6) is 0 Å². The molecule has 6 heteroatoms. The molecule has 2 aromatic heterocycles. The van der Waals surface area contributed by atoms with Crippen LogP contribution in [0.4, 0.5) is 0 Å². The molecular weight excluding hydrogens is 386 g/mol. The second kappa shape index (κ2) is 7.91. The molecule has 31 heavy (non-hydrogen) atoms. The molecule has 0 aliphatic carbocycles. The second-order valence-corrected chi connectivity index (χ2v) is 7.33. The molecule has 0 spiro atoms. The number of aryl methyl sites for hydroxylation is 1. The summed E-state index contributed by atoms with van der Waals surface area (Å²) >= 11 is 0. The van der Waals surface area contributed by atoms with Crippen molar-refractivity contribution in [1.82, 2.24) is 24.6 Å². The molecule has 152 valence electrons. The van der Waals surface area contributed by atoms with E-state index in [9.17, 15) is 4.79 Å². The molecule has 1 unspecified atom stereocenters. The van der Waals surface area contributed by atoms with E-state index in [2.05, 4.69) is 10.4 Å². The molecule has 0 bridgehead atoms. The number of rotatable bonds is 5. The van der Waals surface area contributed by atoms with Crippen LogP contribution < -0.4 is 5.32 Å². The minimum atomic E-state index is -0.378. The van der Waals surface area contributed by atoms with Gasteiger partial charge in [-0.05, 0) is 48.0 Å². The zero-order valence-electron chi connectivity index (χ0n) is 17.0. The Bertz CT molecular complexity index is 1320. The summed E-state index contributed by atoms with van der Waals surface area (Å²) in [5, 5.41) is 7.40. The van der Waals surface area contributed by atoms with Crippen molar-refractivity contribution >= 4 is 16.9 Å². The number of nitrogens with zero attached hydrogens (tertiary/aromatic N) is 4. The third-order valence-corrected chi connectivity index (χ3v) is 5.39. The summed E-state index contributed by atoms with van der Waals surface area (Å²) in [7, 11) is 1.98. The van der Waals surface area contributed by atoms with Crippen LogP contribution in [0, 0.1) is 0 Å². The fourth-order valence-electron chi connectivity index (χ4n) is 3.77. The highest BCUT2D eigenvalue weighted by Crippen LogP contribution is 2.25. The van der Waals surface area contributed by atoms with Crippen LogP contribution in [0.25, 0.3) is 16.7 Å². The molecule has 1 atom stereocenters. The predicted molar refractivity (Wildman–Crippen MR) is 120 cm³/mol. The molecule has 0 saturated heterocycles. The quantitative estimate of drug-likeness (QED) is 0.473. The first kappa shape index (κ1) is 18.8. The number of fused-ring (bicyclic) bond motifs is 1. The van der Waals surface area contributed by atoms with Crippen LogP contribution in [0.2, 0.25) is 0 Å². The van der Waals surface area contributed by atoms with Gasteiger partial charge in [0.1, 0.15) is 11.9 Å². The van der Waals surface area contributed by atoms with Crippen LogP contribution >= 0.6 is 0 Å². The van der Waals surface area contributed by atoms with Crippen molar-refractivity contribution in [3.8, 4) is 5.69 Å². The Morgan fingerprint density at radius 1 is 0.903 bits per heavy atom. The summed E-state index contributed by atoms with van der Waals surface area (Å²) in [4.78, 5) is 18.0. The first-order valence-electron chi connectivity index (χ1n) is 10.1. The maximum atomic E-state index is 13.2. The van der Waals surface area contributed by atoms with Crippen molar-refractivity contribution in [2.75, 3.05) is 0 Å². The first-order chi connectivity index (χ1) is 15.2. The molecule has 0 saturated carbocycles. The number of amides is 1. The molecule has 1 amide bonds. The third kappa shape index (κ3) is 3.59. The number of benzene rings is 3. The van der Waals surface area contributed by atoms with Gasteiger partial charge in [-0.3, -0.25) is 4.79 Å². The molecule has 5 rings (SSSR count). The Labute approximate surface area is 179 Å². The van der Waals surface area contributed by atoms with Gasteiger partial charge in [-0.15, -0.1) is 0 Å². The molecule has 0 aliphatic heterocycles. The van der Waals surface area contributed by atoms with E-state index in [1.807, 2.05) is 103 Å². The van der Waals surface area contributed by atoms with Gasteiger partial charge in [0.15, 0.2) is 0 Å². The molecule has 2 heterocycles. The van der Waals surface area contributed by atoms with Crippen molar-refractivity contribution in [3.05, 3.63) is 114 Å². The number of aromatic nitrogens is 4. The van der Waals surface area contributed by atoms with Crippen LogP contribution in [-0.2, 0) is 7.05 Å². The normalized spacial score (nSPS) is 12.0. The van der Waals surface area contributed by atoms with Gasteiger partial charge < -0.3 is 9.88 Å². The van der Waals surface area contributed by atoms with Crippen LogP contribution in [-0.4, -0.2) is 25.2 Å². The van der Waals surface area contributed by atoms with E-state index < -0.39 is 0 Å². The van der Waals surface area contributed by atoms with Gasteiger partial charge >= 0.3 is 0 Å². The first-order valence-corrected chi connectivity index (χ1v) is 10.1. The molecule has 3 aromatic carbocycles. The summed E-state index contributed by atoms with van der Waals surface area (Å²) in [6.07, 6.45) is 3.59. The Morgan fingerprint density at radius 3 is 2.35 bits per heavy atom. The Kier molecular flexibility index (Phi) is 4.80. The minimum absolute atomic E-state index is 0.159. The monoisotopic (exact) mass is 407 g/mol. The predicted octanol–water partition coefficient (Wildman–Crippen LogP) is 4.28. The maximum absolute atomic E-state index is 13.2. The van der Waals surface area contributed by atoms with Crippen molar-refractivity contribution in [2.45, 2.75) is 6.04 Å². The maximum Gasteiger partial charge on any atom is 0.252 e. The number of carbonyl (C=O) groups is 1. The molecule has 0 fully saturated rings. The minimum Gasteiger partial charge on any atom is -0.338 e. The highest BCUT2D eigenvalue weighted by atomic mass is 16.1. The second-order valence-electron chi connectivity index (χ2n) is 7.33. The van der Waals surface area contributed by atoms with E-state index in [1.54, 1.807) is 10.9 Å². The molecule has 5 aromatic rings. The summed E-state index contributed by atoms with van der Waals surface area (Å²) in [5.74, 6) is 0.627. The molecule has 0 radical (unpaired) electrons. The lowest BCUT2D eigenvalue weighted by molar-refractivity contribution is 0.0941. The van der Waals surface area contributed by atoms with E-state index in [4.69, 9.17) is 4.98 Å². The van der Waals surface area contributed by atoms with Crippen molar-refractivity contribution in [2.24, 2.45) is 7.05 Å². The van der Waals surface area contributed by atoms with Gasteiger partial charge in [0, 0.05) is 25.0 Å². The van der Waals surface area contributed by atoms with Crippen molar-refractivity contribution in [1.29, 1.82) is 0 Å². The van der Waals surface area contributed by atoms with E-state index in [0.717, 1.165) is 28.1 Å². The zero-order chi connectivity index (χ0) is 21.2. The van der Waals surface area contributed by atoms with Crippen LogP contribution in [0.3, 0.4) is 0 Å². The lowest BCUT2D eigenvalue weighted by atomic mass is 10.1. The average Bonchev–Trinajstić information content (AvgIpc) is 3.47. The SMILES string of the molecule is Cn1c(C(NC(=O)c2ccc(-n3cccn3)cc2)c2ccccc2)nc2ccccc21. The van der Waals surface area contributed by atoms with Gasteiger partial charge in [0.25, 0.3) is 5.91 Å². The van der Waals surface area contributed by atoms with Crippen molar-refractivity contribution < 1.29 is 4.79 Å². The van der Waals surface area contributed by atoms with Crippen LogP contribution in [0.15, 0.2) is 97.3 Å². The van der Waals surface area contributed by atoms with Gasteiger partial charge in [0.05, 0.1) is 16.7 Å². The summed E-state index contributed by atoms with van der Waals surface area (Å²) in [6, 6.07) is 26.8. The van der Waals surface area contributed by atoms with Gasteiger partial charge in [-0.1, -0.05) is 42.5 Å². The number of para-hydroxylation sites is 2. The number of imidazole rings is 1. The van der Waals surface area contributed by atoms with E-state index >= 15 is 0 Å². The summed E-state index contributed by atoms with van der Waals surface area (Å²) in [5.41, 5.74) is 4.38. The number of nitrogens with one attached hydrogen (secondary N) is 1. The molecule has 0 aliphatic rings. The zero-order valence-corrected chi connectivity index (χ0v) is 17.0. The third-order valence-electron chi connectivity index (χ3n) is 5.39. The highest BCUT2D eigenvalue weighted by molar-refractivity contribution is 5.95. The Morgan fingerprint density at radius 2 is 1.65 bits per heavy atom. The Balaban J connectivity index is 1.49. The molecule has 1 N–H and O–H groups in total. The lowest BCUT2D eigenvalue weighted by Crippen LogP contribution is -2.31. The van der Waals surface area contributed by atoms with E-state index in [-0.39, 0.29) is 11.9 Å². The average molecular weight is 407 g/mol. The van der Waals surface area contributed by atoms with Gasteiger partial charge in [-0.25, -0.2) is 9.67 Å². The molecule has 6 nitrogen and oxygen atoms in total. The fourth-order valence-corrected chi connectivity index (χ4v) is 3.77. The van der Waals surface area contributed by atoms with E-state index in [1.165, 1.54) is 0 Å². The fraction of sp³-hybridized carbons (Fsp3) is 0.0800. The summed E-state index contributed by atoms with van der Waals surface area (Å²) in [6.45, 7) is 0. The van der Waals surface area contributed by atoms with Gasteiger partial charge in [-0.2, -0.15) is 5.10 Å². The number of hydrogen-bond donors (Lipinski definition) is 1. The topological polar surface area (TPSA) is 64.7 Å². The smallest absolute Gasteiger partial charge is 0.252 e. The number of hydrogen-bond acceptors (Lipinski definition) is 3. The highest BCUT2D eigenvalue weighted by Gasteiger charge is 2.23.